The van der Waals surface area contributed by atoms with Crippen LogP contribution in [0.2, 0.25) is 0 Å². The zero-order valence-corrected chi connectivity index (χ0v) is 16.6. The summed E-state index contributed by atoms with van der Waals surface area (Å²) in [7, 11) is 0. The maximum absolute atomic E-state index is 12.3. The second-order valence-electron chi connectivity index (χ2n) is 6.93. The Labute approximate surface area is 167 Å². The molecule has 2 aliphatic heterocycles. The van der Waals surface area contributed by atoms with E-state index in [-0.39, 0.29) is 48.6 Å². The third kappa shape index (κ3) is 5.33. The minimum Gasteiger partial charge on any atom is -0.368 e. The number of rotatable bonds is 6. The topological polar surface area (TPSA) is 87.5 Å². The number of primary amides is 1. The van der Waals surface area contributed by atoms with Crippen molar-refractivity contribution in [2.75, 3.05) is 25.0 Å². The van der Waals surface area contributed by atoms with E-state index in [0.29, 0.717) is 12.5 Å². The van der Waals surface area contributed by atoms with Crippen molar-refractivity contribution in [1.82, 2.24) is 10.2 Å². The molecule has 2 atom stereocenters. The van der Waals surface area contributed by atoms with Crippen LogP contribution in [-0.2, 0) is 16.1 Å². The summed E-state index contributed by atoms with van der Waals surface area (Å²) in [6, 6.07) is 7.68. The van der Waals surface area contributed by atoms with Crippen molar-refractivity contribution in [2.24, 2.45) is 17.6 Å². The number of hydrogen-bond donors (Lipinski definition) is 3. The minimum atomic E-state index is -0.250. The van der Waals surface area contributed by atoms with Crippen molar-refractivity contribution < 1.29 is 9.59 Å². The minimum absolute atomic E-state index is 0. The Balaban J connectivity index is 0.00000169. The molecule has 0 aliphatic carbocycles. The summed E-state index contributed by atoms with van der Waals surface area (Å²) in [6.45, 7) is 5.37. The second-order valence-corrected chi connectivity index (χ2v) is 6.93. The van der Waals surface area contributed by atoms with E-state index in [1.807, 2.05) is 31.2 Å². The fraction of sp³-hybridized carbons (Fsp3) is 0.556. The van der Waals surface area contributed by atoms with E-state index in [1.54, 1.807) is 0 Å². The molecule has 2 unspecified atom stereocenters. The molecule has 0 saturated carbocycles. The number of likely N-dealkylation sites (tertiary alicyclic amines) is 1. The van der Waals surface area contributed by atoms with Crippen LogP contribution in [0.5, 0.6) is 0 Å². The van der Waals surface area contributed by atoms with Gasteiger partial charge in [-0.15, -0.1) is 24.8 Å². The highest BCUT2D eigenvalue weighted by Gasteiger charge is 2.30. The van der Waals surface area contributed by atoms with Gasteiger partial charge in [0.15, 0.2) is 0 Å². The normalized spacial score (nSPS) is 21.0. The number of nitrogens with two attached hydrogens (primary N) is 1. The van der Waals surface area contributed by atoms with E-state index in [9.17, 15) is 9.59 Å². The number of anilines is 1. The maximum atomic E-state index is 12.3. The van der Waals surface area contributed by atoms with E-state index < -0.39 is 0 Å². The van der Waals surface area contributed by atoms with Crippen molar-refractivity contribution >= 4 is 42.3 Å². The Hall–Kier alpha value is -1.34. The predicted octanol–water partition coefficient (Wildman–Crippen LogP) is 1.77. The molecule has 0 aromatic heterocycles. The summed E-state index contributed by atoms with van der Waals surface area (Å²) < 4.78 is 0. The SMILES string of the molecule is CC(C(=O)Nc1cccc(CN2CCCC2C(N)=O)c1)C1CNC1.Cl.Cl. The van der Waals surface area contributed by atoms with Crippen molar-refractivity contribution in [3.05, 3.63) is 29.8 Å². The van der Waals surface area contributed by atoms with Crippen LogP contribution in [0.25, 0.3) is 0 Å². The highest BCUT2D eigenvalue weighted by atomic mass is 35.5. The molecule has 2 heterocycles. The quantitative estimate of drug-likeness (QED) is 0.676. The predicted molar refractivity (Wildman–Crippen MR) is 108 cm³/mol. The van der Waals surface area contributed by atoms with Gasteiger partial charge < -0.3 is 16.4 Å². The van der Waals surface area contributed by atoms with Crippen LogP contribution in [0.15, 0.2) is 24.3 Å². The third-order valence-electron chi connectivity index (χ3n) is 5.21. The Kier molecular flexibility index (Phi) is 8.83. The van der Waals surface area contributed by atoms with E-state index in [0.717, 1.165) is 43.7 Å². The lowest BCUT2D eigenvalue weighted by molar-refractivity contribution is -0.122. The van der Waals surface area contributed by atoms with E-state index in [2.05, 4.69) is 15.5 Å². The molecule has 6 nitrogen and oxygen atoms in total. The molecule has 2 aliphatic rings. The standard InChI is InChI=1S/C18H26N4O2.2ClH/c1-12(14-9-20-10-14)18(24)21-15-5-2-4-13(8-15)11-22-7-3-6-16(22)17(19)23;;/h2,4-5,8,12,14,16,20H,3,6-7,9-11H2,1H3,(H2,19,23)(H,21,24);2*1H. The fourth-order valence-corrected chi connectivity index (χ4v) is 3.45. The molecule has 1 aromatic rings. The summed E-state index contributed by atoms with van der Waals surface area (Å²) in [4.78, 5) is 26.0. The van der Waals surface area contributed by atoms with Gasteiger partial charge in [0.05, 0.1) is 6.04 Å². The highest BCUT2D eigenvalue weighted by molar-refractivity contribution is 5.92. The molecular formula is C18H28Cl2N4O2. The van der Waals surface area contributed by atoms with Gasteiger partial charge in [0.2, 0.25) is 11.8 Å². The first-order valence-electron chi connectivity index (χ1n) is 8.68. The average Bonchev–Trinajstić information content (AvgIpc) is 2.94. The Morgan fingerprint density at radius 3 is 2.69 bits per heavy atom. The Bertz CT molecular complexity index is 625. The molecule has 26 heavy (non-hydrogen) atoms. The lowest BCUT2D eigenvalue weighted by atomic mass is 9.88. The molecule has 0 spiro atoms. The fourth-order valence-electron chi connectivity index (χ4n) is 3.45. The molecule has 8 heteroatoms. The highest BCUT2D eigenvalue weighted by Crippen LogP contribution is 2.22. The van der Waals surface area contributed by atoms with Crippen LogP contribution in [-0.4, -0.2) is 42.4 Å². The molecular weight excluding hydrogens is 375 g/mol. The van der Waals surface area contributed by atoms with Gasteiger partial charge in [-0.05, 0) is 56.1 Å². The molecule has 2 amide bonds. The molecule has 4 N–H and O–H groups in total. The van der Waals surface area contributed by atoms with Gasteiger partial charge >= 0.3 is 0 Å². The summed E-state index contributed by atoms with van der Waals surface area (Å²) >= 11 is 0. The lowest BCUT2D eigenvalue weighted by Gasteiger charge is -2.31. The average molecular weight is 403 g/mol. The molecule has 146 valence electrons. The van der Waals surface area contributed by atoms with Crippen LogP contribution in [0.3, 0.4) is 0 Å². The lowest BCUT2D eigenvalue weighted by Crippen LogP contribution is -2.48. The third-order valence-corrected chi connectivity index (χ3v) is 5.21. The van der Waals surface area contributed by atoms with Crippen molar-refractivity contribution in [3.8, 4) is 0 Å². The van der Waals surface area contributed by atoms with Gasteiger partial charge in [-0.3, -0.25) is 14.5 Å². The summed E-state index contributed by atoms with van der Waals surface area (Å²) in [5, 5.41) is 6.21. The number of hydrogen-bond acceptors (Lipinski definition) is 4. The van der Waals surface area contributed by atoms with Gasteiger partial charge in [0, 0.05) is 18.2 Å². The number of nitrogens with zero attached hydrogens (tertiary/aromatic N) is 1. The van der Waals surface area contributed by atoms with Crippen molar-refractivity contribution in [3.63, 3.8) is 0 Å². The van der Waals surface area contributed by atoms with Crippen molar-refractivity contribution in [1.29, 1.82) is 0 Å². The Morgan fingerprint density at radius 2 is 2.08 bits per heavy atom. The zero-order valence-electron chi connectivity index (χ0n) is 14.9. The molecule has 2 saturated heterocycles. The first-order valence-corrected chi connectivity index (χ1v) is 8.68. The van der Waals surface area contributed by atoms with Crippen LogP contribution in [0.4, 0.5) is 5.69 Å². The van der Waals surface area contributed by atoms with Crippen LogP contribution >= 0.6 is 24.8 Å². The molecule has 0 bridgehead atoms. The number of amides is 2. The Morgan fingerprint density at radius 1 is 1.35 bits per heavy atom. The van der Waals surface area contributed by atoms with Gasteiger partial charge in [-0.2, -0.15) is 0 Å². The first-order chi connectivity index (χ1) is 11.5. The maximum Gasteiger partial charge on any atom is 0.234 e. The monoisotopic (exact) mass is 402 g/mol. The summed E-state index contributed by atoms with van der Waals surface area (Å²) in [6.07, 6.45) is 1.83. The zero-order chi connectivity index (χ0) is 17.1. The van der Waals surface area contributed by atoms with Gasteiger partial charge in [-0.25, -0.2) is 0 Å². The summed E-state index contributed by atoms with van der Waals surface area (Å²) in [5.41, 5.74) is 7.37. The second kappa shape index (κ2) is 10.1. The summed E-state index contributed by atoms with van der Waals surface area (Å²) in [5.74, 6) is 0.247. The van der Waals surface area contributed by atoms with Crippen LogP contribution in [0, 0.1) is 11.8 Å². The van der Waals surface area contributed by atoms with Gasteiger partial charge in [0.25, 0.3) is 0 Å². The van der Waals surface area contributed by atoms with E-state index in [1.165, 1.54) is 0 Å². The smallest absolute Gasteiger partial charge is 0.234 e. The van der Waals surface area contributed by atoms with Gasteiger partial charge in [0.1, 0.15) is 0 Å². The number of benzene rings is 1. The first kappa shape index (κ1) is 22.7. The number of halogens is 2. The molecule has 2 fully saturated rings. The van der Waals surface area contributed by atoms with Crippen LogP contribution in [0.1, 0.15) is 25.3 Å². The molecule has 1 aromatic carbocycles. The van der Waals surface area contributed by atoms with E-state index in [4.69, 9.17) is 5.73 Å². The molecule has 0 radical (unpaired) electrons. The van der Waals surface area contributed by atoms with Crippen LogP contribution < -0.4 is 16.4 Å². The largest absolute Gasteiger partial charge is 0.368 e. The number of carbonyl (C=O) groups excluding carboxylic acids is 2. The van der Waals surface area contributed by atoms with Gasteiger partial charge in [-0.1, -0.05) is 19.1 Å². The number of carbonyl (C=O) groups is 2. The van der Waals surface area contributed by atoms with E-state index >= 15 is 0 Å². The molecule has 3 rings (SSSR count). The number of nitrogens with one attached hydrogen (secondary N) is 2. The van der Waals surface area contributed by atoms with Crippen molar-refractivity contribution in [2.45, 2.75) is 32.4 Å².